The van der Waals surface area contributed by atoms with Crippen LogP contribution < -0.4 is 0 Å². The van der Waals surface area contributed by atoms with Crippen molar-refractivity contribution in [2.75, 3.05) is 0 Å². The van der Waals surface area contributed by atoms with Crippen LogP contribution in [0.2, 0.25) is 0 Å². The van der Waals surface area contributed by atoms with Crippen molar-refractivity contribution in [3.63, 3.8) is 0 Å². The van der Waals surface area contributed by atoms with Crippen LogP contribution in [0.25, 0.3) is 0 Å². The van der Waals surface area contributed by atoms with Gasteiger partial charge in [-0.05, 0) is 48.5 Å². The summed E-state index contributed by atoms with van der Waals surface area (Å²) < 4.78 is 22.3. The van der Waals surface area contributed by atoms with Crippen LogP contribution in [0.5, 0.6) is 0 Å². The Morgan fingerprint density at radius 3 is 1.35 bits per heavy atom. The highest BCUT2D eigenvalue weighted by Crippen LogP contribution is 2.24. The molecule has 5 heteroatoms. The van der Waals surface area contributed by atoms with Gasteiger partial charge in [0.05, 0.1) is 9.79 Å². The summed E-state index contributed by atoms with van der Waals surface area (Å²) in [6, 6.07) is 14.0. The first-order valence-corrected chi connectivity index (χ1v) is 7.94. The maximum atomic E-state index is 12.4. The molecule has 0 spiro atoms. The lowest BCUT2D eigenvalue weighted by Gasteiger charge is -2.08. The van der Waals surface area contributed by atoms with E-state index in [0.717, 1.165) is 8.95 Å². The van der Waals surface area contributed by atoms with Crippen molar-refractivity contribution in [2.45, 2.75) is 9.79 Å². The first-order valence-electron chi connectivity index (χ1n) is 4.80. The first-order chi connectivity index (χ1) is 8.00. The topological polar surface area (TPSA) is 40.9 Å². The van der Waals surface area contributed by atoms with E-state index >= 15 is 0 Å². The number of benzene rings is 2. The second-order valence-corrected chi connectivity index (χ2v) is 7.35. The Morgan fingerprint density at radius 2 is 1.06 bits per heavy atom. The van der Waals surface area contributed by atoms with Gasteiger partial charge in [0.1, 0.15) is 9.73 Å². The molecule has 0 unspecified atom stereocenters. The average molecular weight is 375 g/mol. The predicted octanol–water partition coefficient (Wildman–Crippen LogP) is 4.68. The third-order valence-electron chi connectivity index (χ3n) is 2.29. The molecule has 0 amide bonds. The standard InChI is InChI=1S/C12H9Br2NOS/c13-9-1-5-11(6-2-9)17(15,16)12-7-3-10(14)4-8-12/h1-8,15H. The third-order valence-corrected chi connectivity index (χ3v) is 5.22. The molecule has 0 bridgehead atoms. The summed E-state index contributed by atoms with van der Waals surface area (Å²) in [6.07, 6.45) is 0. The van der Waals surface area contributed by atoms with E-state index in [2.05, 4.69) is 31.9 Å². The van der Waals surface area contributed by atoms with E-state index in [0.29, 0.717) is 9.79 Å². The molecule has 0 aliphatic rings. The normalized spacial score (nSPS) is 11.4. The number of nitrogens with one attached hydrogen (secondary N) is 1. The summed E-state index contributed by atoms with van der Waals surface area (Å²) in [5.74, 6) is 0. The van der Waals surface area contributed by atoms with Crippen molar-refractivity contribution in [1.82, 2.24) is 0 Å². The van der Waals surface area contributed by atoms with E-state index in [1.807, 2.05) is 0 Å². The molecule has 0 atom stereocenters. The second kappa shape index (κ2) is 4.92. The predicted molar refractivity (Wildman–Crippen MR) is 75.7 cm³/mol. The van der Waals surface area contributed by atoms with Gasteiger partial charge < -0.3 is 0 Å². The van der Waals surface area contributed by atoms with Crippen molar-refractivity contribution in [1.29, 1.82) is 4.78 Å². The zero-order chi connectivity index (χ0) is 12.5. The summed E-state index contributed by atoms with van der Waals surface area (Å²) >= 11 is 6.64. The highest BCUT2D eigenvalue weighted by atomic mass is 79.9. The molecule has 0 saturated heterocycles. The Balaban J connectivity index is 2.50. The largest absolute Gasteiger partial charge is 0.245 e. The maximum Gasteiger partial charge on any atom is 0.101 e. The van der Waals surface area contributed by atoms with Crippen molar-refractivity contribution in [2.24, 2.45) is 0 Å². The van der Waals surface area contributed by atoms with Gasteiger partial charge in [-0.3, -0.25) is 0 Å². The maximum absolute atomic E-state index is 12.4. The van der Waals surface area contributed by atoms with Gasteiger partial charge in [-0.25, -0.2) is 8.99 Å². The van der Waals surface area contributed by atoms with Crippen LogP contribution >= 0.6 is 31.9 Å². The molecule has 0 aliphatic carbocycles. The Bertz CT molecular complexity index is 567. The van der Waals surface area contributed by atoms with Crippen LogP contribution in [-0.2, 0) is 9.73 Å². The highest BCUT2D eigenvalue weighted by molar-refractivity contribution is 9.10. The fourth-order valence-electron chi connectivity index (χ4n) is 1.39. The number of hydrogen-bond acceptors (Lipinski definition) is 2. The second-order valence-electron chi connectivity index (χ2n) is 3.46. The van der Waals surface area contributed by atoms with E-state index < -0.39 is 9.73 Å². The molecule has 88 valence electrons. The molecule has 17 heavy (non-hydrogen) atoms. The molecule has 0 heterocycles. The van der Waals surface area contributed by atoms with E-state index in [1.54, 1.807) is 48.5 Å². The minimum absolute atomic E-state index is 0.517. The summed E-state index contributed by atoms with van der Waals surface area (Å²) in [5.41, 5.74) is 0. The van der Waals surface area contributed by atoms with Crippen LogP contribution in [-0.4, -0.2) is 4.21 Å². The lowest BCUT2D eigenvalue weighted by Crippen LogP contribution is -1.99. The number of hydrogen-bond donors (Lipinski definition) is 1. The molecule has 2 nitrogen and oxygen atoms in total. The molecule has 0 aromatic heterocycles. The highest BCUT2D eigenvalue weighted by Gasteiger charge is 2.12. The molecule has 2 aromatic rings. The van der Waals surface area contributed by atoms with Gasteiger partial charge in [0.15, 0.2) is 0 Å². The van der Waals surface area contributed by atoms with Gasteiger partial charge in [0.2, 0.25) is 0 Å². The number of rotatable bonds is 2. The van der Waals surface area contributed by atoms with Gasteiger partial charge in [0, 0.05) is 8.95 Å². The summed E-state index contributed by atoms with van der Waals surface area (Å²) in [5, 5.41) is 0. The molecule has 0 fully saturated rings. The minimum Gasteiger partial charge on any atom is -0.245 e. The summed E-state index contributed by atoms with van der Waals surface area (Å²) in [6.45, 7) is 0. The Kier molecular flexibility index (Phi) is 3.70. The van der Waals surface area contributed by atoms with E-state index in [1.165, 1.54) is 0 Å². The zero-order valence-electron chi connectivity index (χ0n) is 8.69. The third kappa shape index (κ3) is 2.78. The van der Waals surface area contributed by atoms with Gasteiger partial charge >= 0.3 is 0 Å². The van der Waals surface area contributed by atoms with E-state index in [-0.39, 0.29) is 0 Å². The van der Waals surface area contributed by atoms with Crippen molar-refractivity contribution in [3.05, 3.63) is 57.5 Å². The lowest BCUT2D eigenvalue weighted by atomic mass is 10.4. The summed E-state index contributed by atoms with van der Waals surface area (Å²) in [4.78, 5) is 1.03. The van der Waals surface area contributed by atoms with E-state index in [9.17, 15) is 4.21 Å². The fraction of sp³-hybridized carbons (Fsp3) is 0. The molecule has 0 saturated carbocycles. The van der Waals surface area contributed by atoms with Crippen LogP contribution in [0.1, 0.15) is 0 Å². The lowest BCUT2D eigenvalue weighted by molar-refractivity contribution is 0.674. The molecular formula is C12H9Br2NOS. The summed E-state index contributed by atoms with van der Waals surface area (Å²) in [7, 11) is -2.91. The number of halogens is 2. The van der Waals surface area contributed by atoms with E-state index in [4.69, 9.17) is 4.78 Å². The van der Waals surface area contributed by atoms with Gasteiger partial charge in [-0.15, -0.1) is 0 Å². The van der Waals surface area contributed by atoms with Gasteiger partial charge in [0.25, 0.3) is 0 Å². The van der Waals surface area contributed by atoms with Crippen LogP contribution in [0.3, 0.4) is 0 Å². The van der Waals surface area contributed by atoms with Crippen molar-refractivity contribution in [3.8, 4) is 0 Å². The Hall–Kier alpha value is -0.650. The first kappa shape index (κ1) is 12.8. The minimum atomic E-state index is -2.91. The van der Waals surface area contributed by atoms with Crippen LogP contribution in [0.4, 0.5) is 0 Å². The quantitative estimate of drug-likeness (QED) is 0.814. The SMILES string of the molecule is N=S(=O)(c1ccc(Br)cc1)c1ccc(Br)cc1. The van der Waals surface area contributed by atoms with Crippen LogP contribution in [0.15, 0.2) is 67.3 Å². The monoisotopic (exact) mass is 373 g/mol. The van der Waals surface area contributed by atoms with Crippen LogP contribution in [0, 0.1) is 4.78 Å². The average Bonchev–Trinajstić information content (AvgIpc) is 2.30. The molecule has 0 aliphatic heterocycles. The van der Waals surface area contributed by atoms with Crippen molar-refractivity contribution < 1.29 is 4.21 Å². The zero-order valence-corrected chi connectivity index (χ0v) is 12.7. The Labute approximate surface area is 117 Å². The Morgan fingerprint density at radius 1 is 0.765 bits per heavy atom. The molecule has 0 radical (unpaired) electrons. The smallest absolute Gasteiger partial charge is 0.101 e. The van der Waals surface area contributed by atoms with Gasteiger partial charge in [-0.2, -0.15) is 0 Å². The van der Waals surface area contributed by atoms with Crippen molar-refractivity contribution >= 4 is 41.6 Å². The molecular weight excluding hydrogens is 366 g/mol. The fourth-order valence-corrected chi connectivity index (χ4v) is 3.23. The molecule has 2 aromatic carbocycles. The molecule has 2 rings (SSSR count). The molecule has 1 N–H and O–H groups in total. The van der Waals surface area contributed by atoms with Gasteiger partial charge in [-0.1, -0.05) is 31.9 Å².